The van der Waals surface area contributed by atoms with Gasteiger partial charge in [-0.1, -0.05) is 11.8 Å². The fourth-order valence-electron chi connectivity index (χ4n) is 1.18. The van der Waals surface area contributed by atoms with Crippen LogP contribution in [0.25, 0.3) is 0 Å². The lowest BCUT2D eigenvalue weighted by Gasteiger charge is -2.02. The maximum atomic E-state index is 4.28. The van der Waals surface area contributed by atoms with Crippen molar-refractivity contribution >= 4 is 17.4 Å². The van der Waals surface area contributed by atoms with Crippen molar-refractivity contribution in [1.29, 1.82) is 0 Å². The maximum Gasteiger partial charge on any atom is 0.165 e. The van der Waals surface area contributed by atoms with Gasteiger partial charge in [-0.15, -0.1) is 0 Å². The van der Waals surface area contributed by atoms with Crippen LogP contribution in [0.3, 0.4) is 0 Å². The summed E-state index contributed by atoms with van der Waals surface area (Å²) in [6.45, 7) is 0. The van der Waals surface area contributed by atoms with Crippen LogP contribution in [0, 0.1) is 0 Å². The average molecular weight is 220 g/mol. The molecule has 0 saturated heterocycles. The van der Waals surface area contributed by atoms with Crippen LogP contribution in [-0.4, -0.2) is 22.0 Å². The van der Waals surface area contributed by atoms with E-state index in [1.54, 1.807) is 18.0 Å². The first-order valence-electron chi connectivity index (χ1n) is 4.63. The molecule has 0 amide bonds. The van der Waals surface area contributed by atoms with Crippen molar-refractivity contribution in [2.45, 2.75) is 10.9 Å². The molecule has 2 rings (SSSR count). The summed E-state index contributed by atoms with van der Waals surface area (Å²) < 4.78 is 0. The Morgan fingerprint density at radius 1 is 1.40 bits per heavy atom. The lowest BCUT2D eigenvalue weighted by atomic mass is 10.3. The largest absolute Gasteiger partial charge is 0.388 e. The summed E-state index contributed by atoms with van der Waals surface area (Å²) in [6, 6.07) is 3.98. The van der Waals surface area contributed by atoms with E-state index >= 15 is 0 Å². The summed E-state index contributed by atoms with van der Waals surface area (Å²) in [6.07, 6.45) is 5.38. The van der Waals surface area contributed by atoms with E-state index in [4.69, 9.17) is 0 Å². The third-order valence-corrected chi connectivity index (χ3v) is 2.87. The SMILES string of the molecule is CNc1ccnc(CSc2ncc[nH]2)c1. The minimum absolute atomic E-state index is 0.822. The lowest BCUT2D eigenvalue weighted by Crippen LogP contribution is -1.92. The molecule has 0 aliphatic rings. The molecular weight excluding hydrogens is 208 g/mol. The molecule has 0 fully saturated rings. The van der Waals surface area contributed by atoms with Gasteiger partial charge in [-0.25, -0.2) is 4.98 Å². The van der Waals surface area contributed by atoms with Gasteiger partial charge in [-0.2, -0.15) is 0 Å². The Morgan fingerprint density at radius 2 is 2.33 bits per heavy atom. The van der Waals surface area contributed by atoms with E-state index in [1.807, 2.05) is 31.6 Å². The second kappa shape index (κ2) is 4.84. The van der Waals surface area contributed by atoms with Gasteiger partial charge in [-0.3, -0.25) is 4.98 Å². The zero-order valence-electron chi connectivity index (χ0n) is 8.40. The third kappa shape index (κ3) is 2.73. The molecule has 0 radical (unpaired) electrons. The quantitative estimate of drug-likeness (QED) is 0.775. The van der Waals surface area contributed by atoms with Crippen molar-refractivity contribution in [2.75, 3.05) is 12.4 Å². The summed E-state index contributed by atoms with van der Waals surface area (Å²) >= 11 is 1.64. The topological polar surface area (TPSA) is 53.6 Å². The second-order valence-corrected chi connectivity index (χ2v) is 3.93. The van der Waals surface area contributed by atoms with Crippen molar-refractivity contribution in [3.63, 3.8) is 0 Å². The maximum absolute atomic E-state index is 4.28. The number of hydrogen-bond acceptors (Lipinski definition) is 4. The number of nitrogens with zero attached hydrogens (tertiary/aromatic N) is 2. The van der Waals surface area contributed by atoms with Crippen LogP contribution in [-0.2, 0) is 5.75 Å². The number of hydrogen-bond donors (Lipinski definition) is 2. The summed E-state index contributed by atoms with van der Waals surface area (Å²) in [4.78, 5) is 11.5. The fourth-order valence-corrected chi connectivity index (χ4v) is 1.91. The molecule has 78 valence electrons. The molecule has 0 saturated carbocycles. The zero-order valence-corrected chi connectivity index (χ0v) is 9.21. The number of aromatic amines is 1. The Labute approximate surface area is 92.5 Å². The predicted molar refractivity (Wildman–Crippen MR) is 61.9 cm³/mol. The first kappa shape index (κ1) is 10.0. The molecule has 0 bridgehead atoms. The summed E-state index contributed by atoms with van der Waals surface area (Å²) in [5.74, 6) is 0.822. The highest BCUT2D eigenvalue weighted by molar-refractivity contribution is 7.98. The number of H-pyrrole nitrogens is 1. The minimum Gasteiger partial charge on any atom is -0.388 e. The van der Waals surface area contributed by atoms with Crippen molar-refractivity contribution in [1.82, 2.24) is 15.0 Å². The lowest BCUT2D eigenvalue weighted by molar-refractivity contribution is 1.05. The van der Waals surface area contributed by atoms with Gasteiger partial charge < -0.3 is 10.3 Å². The Hall–Kier alpha value is -1.49. The van der Waals surface area contributed by atoms with Crippen LogP contribution in [0.5, 0.6) is 0 Å². The summed E-state index contributed by atoms with van der Waals surface area (Å²) in [7, 11) is 1.90. The Kier molecular flexibility index (Phi) is 3.24. The number of anilines is 1. The number of thioether (sulfide) groups is 1. The van der Waals surface area contributed by atoms with Gasteiger partial charge in [0.1, 0.15) is 0 Å². The fraction of sp³-hybridized carbons (Fsp3) is 0.200. The highest BCUT2D eigenvalue weighted by Crippen LogP contribution is 2.18. The van der Waals surface area contributed by atoms with Crippen molar-refractivity contribution in [3.8, 4) is 0 Å². The van der Waals surface area contributed by atoms with Crippen LogP contribution in [0.2, 0.25) is 0 Å². The van der Waals surface area contributed by atoms with E-state index in [-0.39, 0.29) is 0 Å². The smallest absolute Gasteiger partial charge is 0.165 e. The first-order chi connectivity index (χ1) is 7.38. The monoisotopic (exact) mass is 220 g/mol. The van der Waals surface area contributed by atoms with Crippen molar-refractivity contribution in [2.24, 2.45) is 0 Å². The predicted octanol–water partition coefficient (Wildman–Crippen LogP) is 2.14. The molecule has 2 aromatic rings. The van der Waals surface area contributed by atoms with E-state index < -0.39 is 0 Å². The molecule has 4 nitrogen and oxygen atoms in total. The molecule has 0 aliphatic heterocycles. The Morgan fingerprint density at radius 3 is 3.07 bits per heavy atom. The number of aromatic nitrogens is 3. The summed E-state index contributed by atoms with van der Waals surface area (Å²) in [5, 5.41) is 4.01. The first-order valence-corrected chi connectivity index (χ1v) is 5.62. The summed E-state index contributed by atoms with van der Waals surface area (Å²) in [5.41, 5.74) is 2.13. The van der Waals surface area contributed by atoms with Gasteiger partial charge in [0, 0.05) is 37.1 Å². The molecule has 5 heteroatoms. The molecule has 0 spiro atoms. The van der Waals surface area contributed by atoms with Crippen LogP contribution < -0.4 is 5.32 Å². The molecule has 0 atom stereocenters. The van der Waals surface area contributed by atoms with Crippen molar-refractivity contribution in [3.05, 3.63) is 36.4 Å². The molecule has 2 N–H and O–H groups in total. The van der Waals surface area contributed by atoms with Crippen LogP contribution in [0.1, 0.15) is 5.69 Å². The molecule has 2 heterocycles. The van der Waals surface area contributed by atoms with Gasteiger partial charge in [-0.05, 0) is 12.1 Å². The Balaban J connectivity index is 1.98. The molecular formula is C10H12N4S. The van der Waals surface area contributed by atoms with Crippen LogP contribution in [0.4, 0.5) is 5.69 Å². The molecule has 2 aromatic heterocycles. The Bertz CT molecular complexity index is 413. The molecule has 0 aliphatic carbocycles. The number of nitrogens with one attached hydrogen (secondary N) is 2. The zero-order chi connectivity index (χ0) is 10.5. The van der Waals surface area contributed by atoms with E-state index in [0.717, 1.165) is 22.3 Å². The molecule has 0 aromatic carbocycles. The number of pyridine rings is 1. The number of rotatable bonds is 4. The van der Waals surface area contributed by atoms with Crippen LogP contribution >= 0.6 is 11.8 Å². The van der Waals surface area contributed by atoms with E-state index in [0.29, 0.717) is 0 Å². The number of imidazole rings is 1. The average Bonchev–Trinajstić information content (AvgIpc) is 2.79. The standard InChI is InChI=1S/C10H12N4S/c1-11-8-2-3-12-9(6-8)7-15-10-13-4-5-14-10/h2-6H,7H2,1H3,(H,11,12)(H,13,14). The van der Waals surface area contributed by atoms with E-state index in [2.05, 4.69) is 20.3 Å². The van der Waals surface area contributed by atoms with Crippen molar-refractivity contribution < 1.29 is 0 Å². The van der Waals surface area contributed by atoms with Gasteiger partial charge in [0.25, 0.3) is 0 Å². The van der Waals surface area contributed by atoms with E-state index in [1.165, 1.54) is 0 Å². The van der Waals surface area contributed by atoms with Gasteiger partial charge in [0.05, 0.1) is 5.69 Å². The highest BCUT2D eigenvalue weighted by atomic mass is 32.2. The van der Waals surface area contributed by atoms with Gasteiger partial charge in [0.15, 0.2) is 5.16 Å². The minimum atomic E-state index is 0.822. The molecule has 0 unspecified atom stereocenters. The van der Waals surface area contributed by atoms with E-state index in [9.17, 15) is 0 Å². The normalized spacial score (nSPS) is 10.2. The highest BCUT2D eigenvalue weighted by Gasteiger charge is 1.99. The third-order valence-electron chi connectivity index (χ3n) is 1.94. The second-order valence-electron chi connectivity index (χ2n) is 2.97. The van der Waals surface area contributed by atoms with Gasteiger partial charge >= 0.3 is 0 Å². The molecule has 15 heavy (non-hydrogen) atoms. The van der Waals surface area contributed by atoms with Crippen LogP contribution in [0.15, 0.2) is 35.9 Å². The van der Waals surface area contributed by atoms with Gasteiger partial charge in [0.2, 0.25) is 0 Å².